The van der Waals surface area contributed by atoms with Gasteiger partial charge in [0.1, 0.15) is 57.9 Å². The monoisotopic (exact) mass is 1000 g/mol. The summed E-state index contributed by atoms with van der Waals surface area (Å²) in [6, 6.07) is 6.44. The summed E-state index contributed by atoms with van der Waals surface area (Å²) in [7, 11) is -9.50. The lowest BCUT2D eigenvalue weighted by molar-refractivity contribution is -0.271. The number of aliphatic hydroxyl groups excluding tert-OH is 6. The average molecular weight is 1000 g/mol. The van der Waals surface area contributed by atoms with Gasteiger partial charge in [-0.2, -0.15) is 16.8 Å². The van der Waals surface area contributed by atoms with Crippen LogP contribution in [0.4, 0.5) is 0 Å². The number of rotatable bonds is 12. The van der Waals surface area contributed by atoms with E-state index < -0.39 is 103 Å². The van der Waals surface area contributed by atoms with Gasteiger partial charge >= 0.3 is 11.9 Å². The van der Waals surface area contributed by atoms with Crippen LogP contribution >= 0.6 is 0 Å². The SMILES string of the molecule is CCCN1CCC[C@@H]2Cc3c(ccc(O[C@@H]4OC(C(=O)O)[C@@H](O)[C@H](O)[C@H]4O)c3S(=O)(=O)O)C[C@H]21.CCCN1CCC[C@@H]2Cc3c(ccc(S(=O)(=O)O)c3O[C@@H]3O[C@H](C(=O)O)[C@@H](O)[C@H](O)[C@H]3O)C[C@H]21. The molecule has 24 heteroatoms. The number of ether oxygens (including phenoxy) is 4. The van der Waals surface area contributed by atoms with Gasteiger partial charge in [-0.25, -0.2) is 9.59 Å². The highest BCUT2D eigenvalue weighted by atomic mass is 32.2. The maximum Gasteiger partial charge on any atom is 0.335 e. The van der Waals surface area contributed by atoms with E-state index in [0.717, 1.165) is 75.8 Å². The quantitative estimate of drug-likeness (QED) is 0.121. The fourth-order valence-electron chi connectivity index (χ4n) is 11.0. The molecular weight excluding hydrogens is 941 g/mol. The molecule has 4 fully saturated rings. The molecule has 0 aromatic heterocycles. The number of hydrogen-bond acceptors (Lipinski definition) is 18. The molecule has 1 unspecified atom stereocenters. The Balaban J connectivity index is 0.000000201. The summed E-state index contributed by atoms with van der Waals surface area (Å²) in [6.45, 7) is 8.14. The van der Waals surface area contributed by atoms with E-state index in [9.17, 15) is 76.4 Å². The Morgan fingerprint density at radius 2 is 1.07 bits per heavy atom. The Kier molecular flexibility index (Phi) is 16.1. The fraction of sp³-hybridized carbons (Fsp3) is 0.682. The van der Waals surface area contributed by atoms with Crippen molar-refractivity contribution in [3.63, 3.8) is 0 Å². The molecule has 2 aromatic carbocycles. The molecule has 0 saturated carbocycles. The zero-order chi connectivity index (χ0) is 49.6. The summed E-state index contributed by atoms with van der Waals surface area (Å²) in [5.41, 5.74) is 2.57. The number of carboxylic acid groups (broad SMARTS) is 2. The van der Waals surface area contributed by atoms with E-state index >= 15 is 0 Å². The largest absolute Gasteiger partial charge is 0.479 e. The molecule has 2 aliphatic carbocycles. The van der Waals surface area contributed by atoms with Crippen LogP contribution in [0.1, 0.15) is 74.6 Å². The van der Waals surface area contributed by atoms with Crippen molar-refractivity contribution in [3.05, 3.63) is 46.5 Å². The number of aliphatic hydroxyl groups is 6. The van der Waals surface area contributed by atoms with Crippen LogP contribution in [-0.4, -0.2) is 188 Å². The van der Waals surface area contributed by atoms with Crippen LogP contribution in [0.25, 0.3) is 0 Å². The van der Waals surface area contributed by atoms with Gasteiger partial charge in [0.2, 0.25) is 12.6 Å². The lowest BCUT2D eigenvalue weighted by atomic mass is 9.75. The first-order valence-electron chi connectivity index (χ1n) is 23.0. The minimum absolute atomic E-state index is 0.202. The van der Waals surface area contributed by atoms with Crippen molar-refractivity contribution in [2.24, 2.45) is 11.8 Å². The molecule has 4 aliphatic heterocycles. The summed E-state index contributed by atoms with van der Waals surface area (Å²) < 4.78 is 90.7. The van der Waals surface area contributed by atoms with E-state index in [1.54, 1.807) is 12.1 Å². The number of carboxylic acids is 2. The standard InChI is InChI=1S/2C22H31NO10S/c1-2-7-23-8-3-4-12-9-13-11(10-14(12)23)5-6-15(20(13)34(29,30)31)32-22-18(26)16(24)17(25)19(33-22)21(27)28;1-2-7-23-8-3-4-12-9-13-11(10-14(12)23)5-6-15(34(29,30)31)19(13)32-22-18(26)16(24)17(25)20(33-22)21(27)28/h5-6,12,14,16-19,22,24-26H,2-4,7-10H2,1H3,(H,27,28)(H,29,30,31);5-6,12,14,16-18,20,22,24-26H,2-4,7-10H2,1H3,(H,27,28)(H,29,30,31)/t12-,14-,16+,17+,18-,19?,22-;12-,14-,16+,17+,18-,20+,22-/m11/s1. The first-order valence-corrected chi connectivity index (χ1v) is 25.8. The molecule has 0 spiro atoms. The van der Waals surface area contributed by atoms with Gasteiger partial charge in [0, 0.05) is 12.1 Å². The number of likely N-dealkylation sites (tertiary alicyclic amines) is 2. The number of nitrogens with zero attached hydrogens (tertiary/aromatic N) is 2. The highest BCUT2D eigenvalue weighted by molar-refractivity contribution is 7.86. The molecule has 380 valence electrons. The topological polar surface area (TPSA) is 348 Å². The molecule has 8 rings (SSSR count). The maximum absolute atomic E-state index is 12.4. The molecule has 4 saturated heterocycles. The van der Waals surface area contributed by atoms with Crippen molar-refractivity contribution in [1.29, 1.82) is 0 Å². The van der Waals surface area contributed by atoms with Crippen LogP contribution in [0, 0.1) is 11.8 Å². The summed E-state index contributed by atoms with van der Waals surface area (Å²) >= 11 is 0. The van der Waals surface area contributed by atoms with E-state index in [1.165, 1.54) is 12.1 Å². The number of benzene rings is 2. The van der Waals surface area contributed by atoms with Gasteiger partial charge in [0.25, 0.3) is 20.2 Å². The molecule has 6 aliphatic rings. The first-order chi connectivity index (χ1) is 32.0. The molecular formula is C44H62N2O20S2. The maximum atomic E-state index is 12.4. The van der Waals surface area contributed by atoms with E-state index in [4.69, 9.17) is 18.9 Å². The van der Waals surface area contributed by atoms with Crippen LogP contribution in [0.2, 0.25) is 0 Å². The van der Waals surface area contributed by atoms with Crippen LogP contribution in [0.5, 0.6) is 11.5 Å². The summed E-state index contributed by atoms with van der Waals surface area (Å²) in [5, 5.41) is 79.1. The van der Waals surface area contributed by atoms with Crippen LogP contribution in [-0.2, 0) is 65.0 Å². The Labute approximate surface area is 393 Å². The van der Waals surface area contributed by atoms with Crippen LogP contribution in [0.15, 0.2) is 34.1 Å². The number of hydrogen-bond donors (Lipinski definition) is 10. The van der Waals surface area contributed by atoms with Gasteiger partial charge in [0.05, 0.1) is 0 Å². The van der Waals surface area contributed by atoms with E-state index in [0.29, 0.717) is 36.8 Å². The average Bonchev–Trinajstić information content (AvgIpc) is 3.27. The van der Waals surface area contributed by atoms with E-state index in [1.807, 2.05) is 0 Å². The number of fused-ring (bicyclic) bond motifs is 4. The van der Waals surface area contributed by atoms with E-state index in [-0.39, 0.29) is 35.4 Å². The lowest BCUT2D eigenvalue weighted by Crippen LogP contribution is -2.61. The van der Waals surface area contributed by atoms with Gasteiger partial charge in [-0.3, -0.25) is 18.9 Å². The third kappa shape index (κ3) is 10.7. The molecule has 10 N–H and O–H groups in total. The van der Waals surface area contributed by atoms with Crippen molar-refractivity contribution in [2.75, 3.05) is 26.2 Å². The summed E-state index contributed by atoms with van der Waals surface area (Å²) in [4.78, 5) is 26.7. The van der Waals surface area contributed by atoms with Crippen molar-refractivity contribution in [3.8, 4) is 11.5 Å². The zero-order valence-electron chi connectivity index (χ0n) is 37.6. The zero-order valence-corrected chi connectivity index (χ0v) is 39.2. The van der Waals surface area contributed by atoms with Crippen LogP contribution < -0.4 is 9.47 Å². The van der Waals surface area contributed by atoms with Crippen molar-refractivity contribution >= 4 is 32.2 Å². The number of aliphatic carboxylic acids is 2. The van der Waals surface area contributed by atoms with Gasteiger partial charge in [-0.1, -0.05) is 26.0 Å². The Morgan fingerprint density at radius 3 is 1.53 bits per heavy atom. The molecule has 68 heavy (non-hydrogen) atoms. The summed E-state index contributed by atoms with van der Waals surface area (Å²) in [5.74, 6) is -3.30. The normalized spacial score (nSPS) is 34.2. The number of piperidine rings is 2. The Morgan fingerprint density at radius 1 is 0.618 bits per heavy atom. The second-order valence-electron chi connectivity index (χ2n) is 18.5. The van der Waals surface area contributed by atoms with Crippen LogP contribution in [0.3, 0.4) is 0 Å². The minimum atomic E-state index is -4.76. The third-order valence-electron chi connectivity index (χ3n) is 14.2. The predicted molar refractivity (Wildman–Crippen MR) is 234 cm³/mol. The molecule has 0 radical (unpaired) electrons. The highest BCUT2D eigenvalue weighted by Crippen LogP contribution is 2.44. The second-order valence-corrected chi connectivity index (χ2v) is 21.3. The van der Waals surface area contributed by atoms with Gasteiger partial charge < -0.3 is 59.8 Å². The van der Waals surface area contributed by atoms with Gasteiger partial charge in [-0.05, 0) is 137 Å². The lowest BCUT2D eigenvalue weighted by Gasteiger charge is -2.45. The smallest absolute Gasteiger partial charge is 0.335 e. The summed E-state index contributed by atoms with van der Waals surface area (Å²) in [6.07, 6.45) is -10.7. The minimum Gasteiger partial charge on any atom is -0.479 e. The van der Waals surface area contributed by atoms with Gasteiger partial charge in [-0.15, -0.1) is 0 Å². The second kappa shape index (κ2) is 21.0. The third-order valence-corrected chi connectivity index (χ3v) is 16.0. The van der Waals surface area contributed by atoms with Crippen molar-refractivity contribution in [2.45, 2.75) is 161 Å². The first kappa shape index (κ1) is 52.2. The molecule has 2 aromatic rings. The number of carbonyl (C=O) groups is 2. The molecule has 14 atom stereocenters. The predicted octanol–water partition coefficient (Wildman–Crippen LogP) is -0.413. The Bertz CT molecular complexity index is 2380. The molecule has 0 amide bonds. The molecule has 4 heterocycles. The molecule has 0 bridgehead atoms. The van der Waals surface area contributed by atoms with Crippen molar-refractivity contribution in [1.82, 2.24) is 9.80 Å². The van der Waals surface area contributed by atoms with Crippen molar-refractivity contribution < 1.29 is 95.3 Å². The Hall–Kier alpha value is -3.60. The van der Waals surface area contributed by atoms with Gasteiger partial charge in [0.15, 0.2) is 12.2 Å². The van der Waals surface area contributed by atoms with E-state index in [2.05, 4.69) is 23.6 Å². The fourth-order valence-corrected chi connectivity index (χ4v) is 12.5. The molecule has 22 nitrogen and oxygen atoms in total. The highest BCUT2D eigenvalue weighted by Gasteiger charge is 2.51.